The van der Waals surface area contributed by atoms with Crippen molar-refractivity contribution >= 4 is 15.9 Å². The molecule has 2 nitrogen and oxygen atoms in total. The van der Waals surface area contributed by atoms with Gasteiger partial charge in [-0.2, -0.15) is 0 Å². The lowest BCUT2D eigenvalue weighted by molar-refractivity contribution is 0.411. The van der Waals surface area contributed by atoms with Crippen LogP contribution in [0.15, 0.2) is 22.7 Å². The molecule has 0 aliphatic rings. The molecule has 0 aliphatic heterocycles. The summed E-state index contributed by atoms with van der Waals surface area (Å²) in [6.45, 7) is 4.69. The first kappa shape index (κ1) is 13.1. The summed E-state index contributed by atoms with van der Waals surface area (Å²) in [6.07, 6.45) is 5.40. The van der Waals surface area contributed by atoms with Gasteiger partial charge in [0.25, 0.3) is 0 Å². The summed E-state index contributed by atoms with van der Waals surface area (Å²) in [6, 6.07) is 5.98. The van der Waals surface area contributed by atoms with Gasteiger partial charge in [-0.1, -0.05) is 12.0 Å². The number of methoxy groups -OCH3 is 1. The van der Waals surface area contributed by atoms with Crippen LogP contribution in [0.4, 0.5) is 0 Å². The van der Waals surface area contributed by atoms with Crippen LogP contribution in [-0.2, 0) is 6.54 Å². The molecular weight excluding hydrogens is 266 g/mol. The van der Waals surface area contributed by atoms with E-state index < -0.39 is 0 Å². The van der Waals surface area contributed by atoms with Crippen molar-refractivity contribution in [3.63, 3.8) is 0 Å². The fraction of sp³-hybridized carbons (Fsp3) is 0.385. The topological polar surface area (TPSA) is 21.3 Å². The van der Waals surface area contributed by atoms with Gasteiger partial charge in [0.15, 0.2) is 0 Å². The Morgan fingerprint density at radius 2 is 2.19 bits per heavy atom. The highest BCUT2D eigenvalue weighted by atomic mass is 79.9. The second kappa shape index (κ2) is 5.38. The summed E-state index contributed by atoms with van der Waals surface area (Å²) in [5.41, 5.74) is 0.878. The minimum absolute atomic E-state index is 0.285. The first-order chi connectivity index (χ1) is 7.48. The van der Waals surface area contributed by atoms with E-state index in [9.17, 15) is 0 Å². The van der Waals surface area contributed by atoms with Crippen LogP contribution in [0.3, 0.4) is 0 Å². The van der Waals surface area contributed by atoms with E-state index in [1.165, 1.54) is 0 Å². The molecule has 0 spiro atoms. The van der Waals surface area contributed by atoms with Crippen LogP contribution in [0.25, 0.3) is 0 Å². The summed E-state index contributed by atoms with van der Waals surface area (Å²) in [5.74, 6) is 3.53. The van der Waals surface area contributed by atoms with Crippen molar-refractivity contribution in [1.29, 1.82) is 0 Å². The number of hydrogen-bond donors (Lipinski definition) is 1. The molecule has 0 saturated heterocycles. The van der Waals surface area contributed by atoms with Gasteiger partial charge in [-0.15, -0.1) is 6.42 Å². The molecule has 3 heteroatoms. The summed E-state index contributed by atoms with van der Waals surface area (Å²) >= 11 is 3.45. The molecule has 0 heterocycles. The molecule has 0 radical (unpaired) electrons. The molecule has 86 valence electrons. The third-order valence-electron chi connectivity index (χ3n) is 2.31. The van der Waals surface area contributed by atoms with E-state index in [0.29, 0.717) is 0 Å². The second-order valence-electron chi connectivity index (χ2n) is 4.09. The average molecular weight is 282 g/mol. The van der Waals surface area contributed by atoms with E-state index in [2.05, 4.69) is 27.2 Å². The molecule has 1 aromatic rings. The minimum atomic E-state index is -0.285. The van der Waals surface area contributed by atoms with Crippen LogP contribution in [0.5, 0.6) is 5.75 Å². The van der Waals surface area contributed by atoms with Gasteiger partial charge in [0.2, 0.25) is 0 Å². The molecular formula is C13H16BrNO. The molecule has 0 aliphatic carbocycles. The van der Waals surface area contributed by atoms with E-state index in [-0.39, 0.29) is 5.54 Å². The average Bonchev–Trinajstić information content (AvgIpc) is 2.27. The SMILES string of the molecule is C#CC(C)(C)NCc1ccc(OC)c(Br)c1. The predicted octanol–water partition coefficient (Wildman–Crippen LogP) is 2.96. The van der Waals surface area contributed by atoms with Gasteiger partial charge in [0.1, 0.15) is 5.75 Å². The normalized spacial score (nSPS) is 10.9. The zero-order valence-corrected chi connectivity index (χ0v) is 11.4. The number of hydrogen-bond acceptors (Lipinski definition) is 2. The Hall–Kier alpha value is -0.980. The van der Waals surface area contributed by atoms with E-state index in [1.54, 1.807) is 7.11 Å². The van der Waals surface area contributed by atoms with Gasteiger partial charge in [0.05, 0.1) is 17.1 Å². The highest BCUT2D eigenvalue weighted by Gasteiger charge is 2.12. The van der Waals surface area contributed by atoms with Crippen molar-refractivity contribution < 1.29 is 4.74 Å². The molecule has 0 bridgehead atoms. The third kappa shape index (κ3) is 3.55. The minimum Gasteiger partial charge on any atom is -0.496 e. The maximum atomic E-state index is 5.40. The molecule has 1 aromatic carbocycles. The first-order valence-corrected chi connectivity index (χ1v) is 5.83. The van der Waals surface area contributed by atoms with Gasteiger partial charge in [-0.3, -0.25) is 5.32 Å². The maximum Gasteiger partial charge on any atom is 0.133 e. The monoisotopic (exact) mass is 281 g/mol. The van der Waals surface area contributed by atoms with E-state index in [0.717, 1.165) is 22.3 Å². The molecule has 0 atom stereocenters. The van der Waals surface area contributed by atoms with Crippen LogP contribution in [0.2, 0.25) is 0 Å². The van der Waals surface area contributed by atoms with Crippen molar-refractivity contribution in [3.05, 3.63) is 28.2 Å². The number of rotatable bonds is 4. The lowest BCUT2D eigenvalue weighted by atomic mass is 10.1. The second-order valence-corrected chi connectivity index (χ2v) is 4.95. The lowest BCUT2D eigenvalue weighted by Crippen LogP contribution is -2.36. The Morgan fingerprint density at radius 3 is 2.69 bits per heavy atom. The van der Waals surface area contributed by atoms with Crippen LogP contribution in [0.1, 0.15) is 19.4 Å². The van der Waals surface area contributed by atoms with Crippen molar-refractivity contribution in [1.82, 2.24) is 5.32 Å². The molecule has 16 heavy (non-hydrogen) atoms. The number of benzene rings is 1. The fourth-order valence-corrected chi connectivity index (χ4v) is 1.78. The molecule has 0 aromatic heterocycles. The van der Waals surface area contributed by atoms with E-state index in [4.69, 9.17) is 11.2 Å². The number of terminal acetylenes is 1. The van der Waals surface area contributed by atoms with Gasteiger partial charge in [0, 0.05) is 6.54 Å². The fourth-order valence-electron chi connectivity index (χ4n) is 1.19. The van der Waals surface area contributed by atoms with E-state index >= 15 is 0 Å². The van der Waals surface area contributed by atoms with Crippen molar-refractivity contribution in [2.75, 3.05) is 7.11 Å². The van der Waals surface area contributed by atoms with Crippen molar-refractivity contribution in [2.45, 2.75) is 25.9 Å². The van der Waals surface area contributed by atoms with Crippen LogP contribution >= 0.6 is 15.9 Å². The summed E-state index contributed by atoms with van der Waals surface area (Å²) in [4.78, 5) is 0. The number of ether oxygens (including phenoxy) is 1. The van der Waals surface area contributed by atoms with Crippen LogP contribution in [-0.4, -0.2) is 12.6 Å². The number of halogens is 1. The molecule has 0 saturated carbocycles. The zero-order chi connectivity index (χ0) is 12.2. The molecule has 0 fully saturated rings. The van der Waals surface area contributed by atoms with Gasteiger partial charge in [-0.05, 0) is 47.5 Å². The van der Waals surface area contributed by atoms with Gasteiger partial charge < -0.3 is 4.74 Å². The standard InChI is InChI=1S/C13H16BrNO/c1-5-13(2,3)15-9-10-6-7-12(16-4)11(14)8-10/h1,6-8,15H,9H2,2-4H3. The molecule has 0 unspecified atom stereocenters. The largest absolute Gasteiger partial charge is 0.496 e. The van der Waals surface area contributed by atoms with Crippen molar-refractivity contribution in [3.8, 4) is 18.1 Å². The predicted molar refractivity (Wildman–Crippen MR) is 70.4 cm³/mol. The summed E-state index contributed by atoms with van der Waals surface area (Å²) < 4.78 is 6.12. The van der Waals surface area contributed by atoms with E-state index in [1.807, 2.05) is 32.0 Å². The zero-order valence-electron chi connectivity index (χ0n) is 9.80. The molecule has 0 amide bonds. The Balaban J connectivity index is 2.70. The Kier molecular flexibility index (Phi) is 4.40. The highest BCUT2D eigenvalue weighted by Crippen LogP contribution is 2.25. The van der Waals surface area contributed by atoms with Crippen LogP contribution in [0, 0.1) is 12.3 Å². The highest BCUT2D eigenvalue weighted by molar-refractivity contribution is 9.10. The third-order valence-corrected chi connectivity index (χ3v) is 2.93. The summed E-state index contributed by atoms with van der Waals surface area (Å²) in [5, 5.41) is 3.29. The molecule has 1 rings (SSSR count). The number of nitrogens with one attached hydrogen (secondary N) is 1. The first-order valence-electron chi connectivity index (χ1n) is 5.04. The van der Waals surface area contributed by atoms with Gasteiger partial charge in [-0.25, -0.2) is 0 Å². The van der Waals surface area contributed by atoms with Gasteiger partial charge >= 0.3 is 0 Å². The Morgan fingerprint density at radius 1 is 1.50 bits per heavy atom. The lowest BCUT2D eigenvalue weighted by Gasteiger charge is -2.19. The summed E-state index contributed by atoms with van der Waals surface area (Å²) in [7, 11) is 1.65. The van der Waals surface area contributed by atoms with Crippen molar-refractivity contribution in [2.24, 2.45) is 0 Å². The molecule has 1 N–H and O–H groups in total. The van der Waals surface area contributed by atoms with Crippen LogP contribution < -0.4 is 10.1 Å². The smallest absolute Gasteiger partial charge is 0.133 e. The quantitative estimate of drug-likeness (QED) is 0.857. The maximum absolute atomic E-state index is 5.40. The Bertz CT molecular complexity index is 407. The Labute approximate surface area is 106 Å².